The van der Waals surface area contributed by atoms with Crippen LogP contribution in [0.2, 0.25) is 0 Å². The highest BCUT2D eigenvalue weighted by molar-refractivity contribution is 7.81. The summed E-state index contributed by atoms with van der Waals surface area (Å²) in [6, 6.07) is 30.0. The predicted molar refractivity (Wildman–Crippen MR) is 162 cm³/mol. The minimum absolute atomic E-state index is 0.260. The molecule has 0 aliphatic carbocycles. The Balaban J connectivity index is 1.87. The van der Waals surface area contributed by atoms with Crippen molar-refractivity contribution in [1.82, 2.24) is 10.2 Å². The van der Waals surface area contributed by atoms with Crippen LogP contribution in [0.4, 0.5) is 4.79 Å². The number of ether oxygens (including phenoxy) is 2. The Hall–Kier alpha value is -3.29. The molecule has 1 heterocycles. The molecule has 0 bridgehead atoms. The van der Waals surface area contributed by atoms with E-state index >= 15 is 0 Å². The van der Waals surface area contributed by atoms with Gasteiger partial charge in [-0.3, -0.25) is 9.69 Å². The van der Waals surface area contributed by atoms with E-state index in [9.17, 15) is 9.59 Å². The molecule has 7 heteroatoms. The van der Waals surface area contributed by atoms with Crippen molar-refractivity contribution >= 4 is 24.7 Å². The summed E-state index contributed by atoms with van der Waals surface area (Å²) in [5, 5.41) is 2.71. The Morgan fingerprint density at radius 3 is 1.80 bits per heavy atom. The van der Waals surface area contributed by atoms with Crippen LogP contribution in [0.15, 0.2) is 91.0 Å². The van der Waals surface area contributed by atoms with E-state index in [2.05, 4.69) is 46.6 Å². The highest BCUT2D eigenvalue weighted by Crippen LogP contribution is 2.45. The highest BCUT2D eigenvalue weighted by atomic mass is 32.1. The Bertz CT molecular complexity index is 1150. The fraction of sp³-hybridized carbons (Fsp3) is 0.394. The number of methoxy groups -OCH3 is 1. The minimum atomic E-state index is -0.743. The molecule has 0 radical (unpaired) electrons. The van der Waals surface area contributed by atoms with Crippen LogP contribution in [-0.4, -0.2) is 60.1 Å². The van der Waals surface area contributed by atoms with Crippen LogP contribution in [0.1, 0.15) is 50.3 Å². The maximum absolute atomic E-state index is 13.3. The molecular formula is C33H40N2O4S. The third kappa shape index (κ3) is 6.53. The predicted octanol–water partition coefficient (Wildman–Crippen LogP) is 5.85. The molecule has 1 fully saturated rings. The van der Waals surface area contributed by atoms with E-state index in [0.29, 0.717) is 13.0 Å². The standard InChI is InChI=1S/C33H40N2O4S/c1-32(2,3)39-31(37)34-27(23-35-22-14-21-28(35)30(36)38-4)29(40)33(24-15-8-5-9-16-24,25-17-10-6-11-18-25)26-19-12-7-13-20-26/h5-13,15-20,27-29,40H,14,21-23H2,1-4H3,(H,34,37)/t27-,28+,29?/m1/s1. The molecular weight excluding hydrogens is 520 g/mol. The smallest absolute Gasteiger partial charge is 0.407 e. The Morgan fingerprint density at radius 1 is 0.900 bits per heavy atom. The van der Waals surface area contributed by atoms with Gasteiger partial charge in [-0.05, 0) is 56.8 Å². The van der Waals surface area contributed by atoms with Crippen LogP contribution < -0.4 is 5.32 Å². The van der Waals surface area contributed by atoms with E-state index in [1.807, 2.05) is 75.4 Å². The quantitative estimate of drug-likeness (QED) is 0.195. The highest BCUT2D eigenvalue weighted by Gasteiger charge is 2.47. The Kier molecular flexibility index (Phi) is 9.59. The number of thiol groups is 1. The van der Waals surface area contributed by atoms with E-state index in [0.717, 1.165) is 29.7 Å². The second kappa shape index (κ2) is 12.9. The molecule has 4 rings (SSSR count). The van der Waals surface area contributed by atoms with Gasteiger partial charge in [0.25, 0.3) is 0 Å². The number of nitrogens with one attached hydrogen (secondary N) is 1. The summed E-state index contributed by atoms with van der Waals surface area (Å²) in [6.07, 6.45) is 1.06. The van der Waals surface area contributed by atoms with Gasteiger partial charge in [-0.2, -0.15) is 12.6 Å². The van der Waals surface area contributed by atoms with Gasteiger partial charge in [0.05, 0.1) is 18.6 Å². The van der Waals surface area contributed by atoms with E-state index in [1.54, 1.807) is 0 Å². The number of esters is 1. The summed E-state index contributed by atoms with van der Waals surface area (Å²) in [4.78, 5) is 28.0. The molecule has 0 spiro atoms. The molecule has 6 nitrogen and oxygen atoms in total. The first kappa shape index (κ1) is 29.7. The zero-order chi connectivity index (χ0) is 28.8. The number of nitrogens with zero attached hydrogens (tertiary/aromatic N) is 1. The summed E-state index contributed by atoms with van der Waals surface area (Å²) in [6.45, 7) is 6.66. The van der Waals surface area contributed by atoms with Gasteiger partial charge >= 0.3 is 12.1 Å². The lowest BCUT2D eigenvalue weighted by Crippen LogP contribution is -2.58. The molecule has 40 heavy (non-hydrogen) atoms. The van der Waals surface area contributed by atoms with Crippen molar-refractivity contribution in [2.24, 2.45) is 0 Å². The summed E-state index contributed by atoms with van der Waals surface area (Å²) in [7, 11) is 1.42. The van der Waals surface area contributed by atoms with E-state index in [1.165, 1.54) is 7.11 Å². The van der Waals surface area contributed by atoms with E-state index in [4.69, 9.17) is 22.1 Å². The van der Waals surface area contributed by atoms with Gasteiger partial charge in [0, 0.05) is 11.8 Å². The van der Waals surface area contributed by atoms with Gasteiger partial charge in [-0.25, -0.2) is 4.79 Å². The number of carbonyl (C=O) groups excluding carboxylic acids is 2. The summed E-state index contributed by atoms with van der Waals surface area (Å²) >= 11 is 5.39. The topological polar surface area (TPSA) is 67.9 Å². The normalized spacial score (nSPS) is 17.6. The SMILES string of the molecule is COC(=O)[C@@H]1CCCN1C[C@@H](NC(=O)OC(C)(C)C)C(S)C(c1ccccc1)(c1ccccc1)c1ccccc1. The molecule has 0 aromatic heterocycles. The maximum atomic E-state index is 13.3. The third-order valence-corrected chi connectivity index (χ3v) is 8.23. The lowest BCUT2D eigenvalue weighted by Gasteiger charge is -2.45. The molecule has 1 aliphatic rings. The van der Waals surface area contributed by atoms with Crippen molar-refractivity contribution in [1.29, 1.82) is 0 Å². The van der Waals surface area contributed by atoms with Gasteiger partial charge in [-0.1, -0.05) is 91.0 Å². The third-order valence-electron chi connectivity index (χ3n) is 7.48. The summed E-state index contributed by atoms with van der Waals surface area (Å²) in [5.74, 6) is -0.260. The van der Waals surface area contributed by atoms with Crippen LogP contribution >= 0.6 is 12.6 Å². The number of benzene rings is 3. The van der Waals surface area contributed by atoms with Gasteiger partial charge in [-0.15, -0.1) is 0 Å². The molecule has 1 aliphatic heterocycles. The number of hydrogen-bond donors (Lipinski definition) is 2. The summed E-state index contributed by atoms with van der Waals surface area (Å²) < 4.78 is 10.8. The molecule has 212 valence electrons. The van der Waals surface area contributed by atoms with Gasteiger partial charge in [0.15, 0.2) is 0 Å². The molecule has 3 aromatic carbocycles. The lowest BCUT2D eigenvalue weighted by atomic mass is 9.65. The minimum Gasteiger partial charge on any atom is -0.468 e. The van der Waals surface area contributed by atoms with Gasteiger partial charge in [0.2, 0.25) is 0 Å². The number of alkyl carbamates (subject to hydrolysis) is 1. The van der Waals surface area contributed by atoms with Crippen molar-refractivity contribution in [3.63, 3.8) is 0 Å². The fourth-order valence-electron chi connectivity index (χ4n) is 5.80. The Morgan fingerprint density at radius 2 is 1.38 bits per heavy atom. The number of hydrogen-bond acceptors (Lipinski definition) is 6. The van der Waals surface area contributed by atoms with Crippen molar-refractivity contribution in [3.05, 3.63) is 108 Å². The average Bonchev–Trinajstić information content (AvgIpc) is 3.41. The van der Waals surface area contributed by atoms with E-state index < -0.39 is 28.4 Å². The molecule has 3 atom stereocenters. The molecule has 1 unspecified atom stereocenters. The first-order valence-corrected chi connectivity index (χ1v) is 14.3. The van der Waals surface area contributed by atoms with Gasteiger partial charge in [0.1, 0.15) is 11.6 Å². The zero-order valence-electron chi connectivity index (χ0n) is 23.7. The largest absolute Gasteiger partial charge is 0.468 e. The fourth-order valence-corrected chi connectivity index (χ4v) is 6.42. The Labute approximate surface area is 243 Å². The van der Waals surface area contributed by atoms with Crippen molar-refractivity contribution in [3.8, 4) is 0 Å². The van der Waals surface area contributed by atoms with Crippen LogP contribution in [0.3, 0.4) is 0 Å². The second-order valence-electron chi connectivity index (χ2n) is 11.3. The first-order valence-electron chi connectivity index (χ1n) is 13.8. The molecule has 1 N–H and O–H groups in total. The van der Waals surface area contributed by atoms with Crippen molar-refractivity contribution in [2.75, 3.05) is 20.2 Å². The average molecular weight is 561 g/mol. The van der Waals surface area contributed by atoms with E-state index in [-0.39, 0.29) is 12.0 Å². The number of amides is 1. The van der Waals surface area contributed by atoms with Crippen LogP contribution in [0.25, 0.3) is 0 Å². The van der Waals surface area contributed by atoms with Crippen LogP contribution in [-0.2, 0) is 19.7 Å². The zero-order valence-corrected chi connectivity index (χ0v) is 24.6. The number of carbonyl (C=O) groups is 2. The number of rotatable bonds is 9. The lowest BCUT2D eigenvalue weighted by molar-refractivity contribution is -0.145. The number of likely N-dealkylation sites (tertiary alicyclic amines) is 1. The summed E-state index contributed by atoms with van der Waals surface area (Å²) in [5.41, 5.74) is 1.74. The van der Waals surface area contributed by atoms with Crippen molar-refractivity contribution in [2.45, 2.75) is 62.0 Å². The maximum Gasteiger partial charge on any atom is 0.407 e. The first-order chi connectivity index (χ1) is 19.2. The van der Waals surface area contributed by atoms with Gasteiger partial charge < -0.3 is 14.8 Å². The molecule has 3 aromatic rings. The van der Waals surface area contributed by atoms with Crippen molar-refractivity contribution < 1.29 is 19.1 Å². The molecule has 1 amide bonds. The van der Waals surface area contributed by atoms with Crippen LogP contribution in [0, 0.1) is 0 Å². The second-order valence-corrected chi connectivity index (χ2v) is 11.8. The molecule has 1 saturated heterocycles. The van der Waals surface area contributed by atoms with Crippen LogP contribution in [0.5, 0.6) is 0 Å². The molecule has 0 saturated carbocycles. The monoisotopic (exact) mass is 560 g/mol.